The number of aliphatic carboxylic acids is 1. The van der Waals surface area contributed by atoms with Gasteiger partial charge in [-0.2, -0.15) is 0 Å². The summed E-state index contributed by atoms with van der Waals surface area (Å²) in [5.74, 6) is -8.75. The molecule has 79 heavy (non-hydrogen) atoms. The molecule has 0 aliphatic carbocycles. The summed E-state index contributed by atoms with van der Waals surface area (Å²) in [6.07, 6.45) is 9.09. The summed E-state index contributed by atoms with van der Waals surface area (Å²) in [5, 5.41) is 38.9. The fourth-order valence-corrected chi connectivity index (χ4v) is 8.19. The van der Waals surface area contributed by atoms with Crippen molar-refractivity contribution in [2.75, 3.05) is 32.8 Å². The summed E-state index contributed by atoms with van der Waals surface area (Å²) >= 11 is 0. The molecule has 426 valence electrons. The average molecular weight is 1100 g/mol. The Labute approximate surface area is 451 Å². The largest absolute Gasteiger partial charge is 0.480 e. The molecule has 3 aromatic heterocycles. The van der Waals surface area contributed by atoms with Gasteiger partial charge in [0.2, 0.25) is 53.2 Å². The summed E-state index contributed by atoms with van der Waals surface area (Å²) in [5.41, 5.74) is 19.2. The van der Waals surface area contributed by atoms with Gasteiger partial charge in [0.1, 0.15) is 42.3 Å². The monoisotopic (exact) mass is 1100 g/mol. The number of carboxylic acid groups (broad SMARTS) is 1. The van der Waals surface area contributed by atoms with E-state index in [2.05, 4.69) is 77.4 Å². The van der Waals surface area contributed by atoms with Crippen LogP contribution in [0.1, 0.15) is 55.3 Å². The number of likely N-dealkylation sites (tertiary alicyclic amines) is 1. The molecule has 1 aromatic carbocycles. The van der Waals surface area contributed by atoms with E-state index in [-0.39, 0.29) is 64.0 Å². The number of H-pyrrole nitrogens is 3. The van der Waals surface area contributed by atoms with E-state index in [1.54, 1.807) is 30.3 Å². The van der Waals surface area contributed by atoms with Gasteiger partial charge < -0.3 is 89.8 Å². The van der Waals surface area contributed by atoms with Crippen molar-refractivity contribution in [3.05, 3.63) is 90.5 Å². The quantitative estimate of drug-likeness (QED) is 0.0127. The molecule has 4 aromatic rings. The Morgan fingerprint density at radius 3 is 1.76 bits per heavy atom. The number of nitrogens with two attached hydrogens (primary N) is 3. The highest BCUT2D eigenvalue weighted by Gasteiger charge is 2.39. The molecule has 4 heterocycles. The van der Waals surface area contributed by atoms with Gasteiger partial charge in [-0.3, -0.25) is 48.1 Å². The number of carbonyl (C=O) groups excluding carboxylic acids is 9. The normalized spacial score (nSPS) is 15.5. The first-order chi connectivity index (χ1) is 37.8. The fraction of sp³-hybridized carbons (Fsp3) is 0.458. The van der Waals surface area contributed by atoms with Crippen LogP contribution in [0.15, 0.2) is 72.9 Å². The maximum atomic E-state index is 14.2. The highest BCUT2D eigenvalue weighted by Crippen LogP contribution is 2.21. The van der Waals surface area contributed by atoms with Gasteiger partial charge in [0.15, 0.2) is 5.96 Å². The minimum absolute atomic E-state index is 0.0220. The van der Waals surface area contributed by atoms with Crippen LogP contribution >= 0.6 is 0 Å². The Balaban J connectivity index is 1.16. The zero-order chi connectivity index (χ0) is 57.4. The second kappa shape index (κ2) is 30.5. The van der Waals surface area contributed by atoms with E-state index in [9.17, 15) is 58.2 Å². The van der Waals surface area contributed by atoms with Gasteiger partial charge in [0.25, 0.3) is 0 Å². The Kier molecular flexibility index (Phi) is 23.4. The number of guanidine groups is 1. The lowest BCUT2D eigenvalue weighted by Crippen LogP contribution is -2.58. The molecular weight excluding hydrogens is 1030 g/mol. The summed E-state index contributed by atoms with van der Waals surface area (Å²) < 4.78 is 0. The van der Waals surface area contributed by atoms with E-state index in [0.29, 0.717) is 29.1 Å². The highest BCUT2D eigenvalue weighted by atomic mass is 16.4. The summed E-state index contributed by atoms with van der Waals surface area (Å²) in [7, 11) is 0. The molecule has 0 saturated carbocycles. The van der Waals surface area contributed by atoms with Crippen molar-refractivity contribution >= 4 is 65.1 Å². The lowest BCUT2D eigenvalue weighted by atomic mass is 10.0. The third-order valence-corrected chi connectivity index (χ3v) is 12.3. The number of amides is 9. The number of aromatic nitrogens is 6. The van der Waals surface area contributed by atoms with Crippen LogP contribution in [-0.4, -0.2) is 191 Å². The molecule has 1 aliphatic heterocycles. The molecule has 19 N–H and O–H groups in total. The van der Waals surface area contributed by atoms with E-state index >= 15 is 0 Å². The van der Waals surface area contributed by atoms with Gasteiger partial charge >= 0.3 is 5.97 Å². The summed E-state index contributed by atoms with van der Waals surface area (Å²) in [6.45, 7) is -0.795. The molecule has 5 rings (SSSR count). The Bertz CT molecular complexity index is 2700. The second-order valence-corrected chi connectivity index (χ2v) is 18.4. The predicted octanol–water partition coefficient (Wildman–Crippen LogP) is -6.26. The van der Waals surface area contributed by atoms with Crippen LogP contribution in [-0.2, 0) is 73.6 Å². The van der Waals surface area contributed by atoms with Gasteiger partial charge in [0, 0.05) is 74.4 Å². The minimum Gasteiger partial charge on any atom is -0.480 e. The number of rotatable bonds is 31. The number of aliphatic hydroxyl groups excluding tert-OH is 1. The molecule has 9 amide bonds. The van der Waals surface area contributed by atoms with Crippen LogP contribution in [0.5, 0.6) is 0 Å². The van der Waals surface area contributed by atoms with E-state index in [1.165, 1.54) is 49.4 Å². The Morgan fingerprint density at radius 2 is 1.20 bits per heavy atom. The van der Waals surface area contributed by atoms with E-state index in [1.807, 2.05) is 0 Å². The number of hydrogen-bond donors (Lipinski definition) is 16. The van der Waals surface area contributed by atoms with Gasteiger partial charge in [-0.05, 0) is 38.2 Å². The smallest absolute Gasteiger partial charge is 0.328 e. The van der Waals surface area contributed by atoms with Crippen LogP contribution in [0.3, 0.4) is 0 Å². The molecule has 1 fully saturated rings. The summed E-state index contributed by atoms with van der Waals surface area (Å²) in [6, 6.07) is -1.72. The number of hydrogen-bond acceptors (Lipinski definition) is 16. The number of benzene rings is 1. The van der Waals surface area contributed by atoms with Crippen LogP contribution in [0.4, 0.5) is 0 Å². The molecule has 1 aliphatic rings. The molecular formula is C48H67N19O12. The van der Waals surface area contributed by atoms with Crippen LogP contribution < -0.4 is 59.7 Å². The standard InChI is InChI=1S/C48H67N19O12/c1-26(61-38(69)20-57-42(73)34(15-29-18-53-24-59-29)64-44(75)35(16-30-19-54-25-60-30)63-41(72)31(49)14-28-17-52-23-58-28)40(71)56-21-39(70)62-32(9-5-11-55-48(50)51)46(77)67-12-6-10-37(67)45(76)65-33(13-27-7-3-2-4-8-27)43(74)66-36(22-68)47(78)79/h2-4,7-8,17-19,23-26,31-37,68H,5-6,9-16,20-22,49H2,1H3,(H,52,58)(H,53,59)(H,54,60)(H,56,71)(H,57,73)(H,61,69)(H,62,70)(H,63,72)(H,64,75)(H,65,76)(H,66,74)(H,78,79)(H4,50,51,55)/t26-,31-,32-,33-,34-,35-,36-,37-/m0/s1. The minimum atomic E-state index is -1.65. The molecule has 0 spiro atoms. The van der Waals surface area contributed by atoms with Crippen molar-refractivity contribution in [2.45, 2.75) is 107 Å². The topological polar surface area (TPSA) is 487 Å². The van der Waals surface area contributed by atoms with Crippen molar-refractivity contribution in [2.24, 2.45) is 22.2 Å². The molecule has 31 heteroatoms. The van der Waals surface area contributed by atoms with Crippen molar-refractivity contribution in [1.82, 2.24) is 77.3 Å². The highest BCUT2D eigenvalue weighted by molar-refractivity contribution is 5.97. The van der Waals surface area contributed by atoms with Gasteiger partial charge in [0.05, 0.1) is 44.7 Å². The lowest BCUT2D eigenvalue weighted by molar-refractivity contribution is -0.144. The summed E-state index contributed by atoms with van der Waals surface area (Å²) in [4.78, 5) is 159. The van der Waals surface area contributed by atoms with E-state index in [4.69, 9.17) is 17.2 Å². The number of carboxylic acids is 1. The molecule has 0 unspecified atom stereocenters. The third-order valence-electron chi connectivity index (χ3n) is 12.3. The zero-order valence-corrected chi connectivity index (χ0v) is 43.1. The van der Waals surface area contributed by atoms with Gasteiger partial charge in [-0.1, -0.05) is 30.3 Å². The number of carbonyl (C=O) groups is 10. The number of nitrogens with one attached hydrogen (secondary N) is 11. The number of aliphatic imine (C=N–C) groups is 1. The Morgan fingerprint density at radius 1 is 0.671 bits per heavy atom. The molecule has 8 atom stereocenters. The first-order valence-corrected chi connectivity index (χ1v) is 25.1. The van der Waals surface area contributed by atoms with E-state index in [0.717, 1.165) is 0 Å². The number of aliphatic hydroxyl groups is 1. The van der Waals surface area contributed by atoms with Gasteiger partial charge in [-0.25, -0.2) is 19.7 Å². The van der Waals surface area contributed by atoms with Crippen LogP contribution in [0.2, 0.25) is 0 Å². The van der Waals surface area contributed by atoms with Crippen molar-refractivity contribution in [3.63, 3.8) is 0 Å². The third kappa shape index (κ3) is 19.7. The SMILES string of the molecule is C[C@H](NC(=O)CNC(=O)[C@H](Cc1cnc[nH]1)NC(=O)[C@H](Cc1cnc[nH]1)NC(=O)[C@@H](N)Cc1cnc[nH]1)C(=O)NCC(=O)N[C@@H](CCCN=C(N)N)C(=O)N1CCC[C@H]1C(=O)N[C@@H](Cc1ccccc1)C(=O)N[C@@H](CO)C(=O)O. The van der Waals surface area contributed by atoms with Crippen LogP contribution in [0.25, 0.3) is 0 Å². The zero-order valence-electron chi connectivity index (χ0n) is 43.1. The molecule has 31 nitrogen and oxygen atoms in total. The second-order valence-electron chi connectivity index (χ2n) is 18.4. The van der Waals surface area contributed by atoms with Crippen molar-refractivity contribution in [3.8, 4) is 0 Å². The average Bonchev–Trinajstić information content (AvgIpc) is 4.31. The van der Waals surface area contributed by atoms with Crippen LogP contribution in [0, 0.1) is 0 Å². The fourth-order valence-electron chi connectivity index (χ4n) is 8.19. The molecule has 1 saturated heterocycles. The first-order valence-electron chi connectivity index (χ1n) is 25.1. The van der Waals surface area contributed by atoms with Gasteiger partial charge in [-0.15, -0.1) is 0 Å². The lowest BCUT2D eigenvalue weighted by Gasteiger charge is -2.30. The Hall–Kier alpha value is -9.26. The van der Waals surface area contributed by atoms with Crippen molar-refractivity contribution in [1.29, 1.82) is 0 Å². The maximum absolute atomic E-state index is 14.2. The number of aromatic amines is 3. The maximum Gasteiger partial charge on any atom is 0.328 e. The number of imidazole rings is 3. The number of nitrogens with zero attached hydrogens (tertiary/aromatic N) is 5. The predicted molar refractivity (Wildman–Crippen MR) is 278 cm³/mol. The molecule has 0 bridgehead atoms. The van der Waals surface area contributed by atoms with E-state index < -0.39 is 127 Å². The van der Waals surface area contributed by atoms with Crippen molar-refractivity contribution < 1.29 is 58.2 Å². The molecule has 0 radical (unpaired) electrons. The first kappa shape index (κ1) is 60.6.